The zero-order valence-electron chi connectivity index (χ0n) is 20.4. The van der Waals surface area contributed by atoms with Gasteiger partial charge in [-0.15, -0.1) is 0 Å². The highest BCUT2D eigenvalue weighted by Crippen LogP contribution is 2.24. The Bertz CT molecular complexity index is 1080. The summed E-state index contributed by atoms with van der Waals surface area (Å²) in [5.74, 6) is 0.168. The van der Waals surface area contributed by atoms with E-state index < -0.39 is 5.60 Å². The van der Waals surface area contributed by atoms with E-state index in [0.717, 1.165) is 67.2 Å². The number of carbonyl (C=O) groups excluding carboxylic acids is 2. The molecule has 180 valence electrons. The second-order valence-electron chi connectivity index (χ2n) is 9.91. The molecule has 1 aliphatic heterocycles. The van der Waals surface area contributed by atoms with Crippen LogP contribution in [0.25, 0.3) is 6.08 Å². The van der Waals surface area contributed by atoms with Gasteiger partial charge >= 0.3 is 0 Å². The standard InChI is InChI=1S/C27H34N4O3/c1-4-20-14-24-21(15-26(20)33)13-19(16-28-24)18-30-9-11-31(12-10-30)22-5-6-23(29-17-22)25(32)7-8-27(2,3)34/h5-6,13-14,16-17,34H,4,7-12,15,18H2,1-3H3. The minimum atomic E-state index is -0.850. The van der Waals surface area contributed by atoms with E-state index in [1.165, 1.54) is 0 Å². The summed E-state index contributed by atoms with van der Waals surface area (Å²) in [6, 6.07) is 5.88. The molecule has 0 radical (unpaired) electrons. The van der Waals surface area contributed by atoms with Gasteiger partial charge in [0.05, 0.1) is 23.2 Å². The van der Waals surface area contributed by atoms with Crippen LogP contribution in [-0.4, -0.2) is 63.3 Å². The lowest BCUT2D eigenvalue weighted by molar-refractivity contribution is -0.115. The molecule has 0 saturated carbocycles. The van der Waals surface area contributed by atoms with Crippen molar-refractivity contribution >= 4 is 23.3 Å². The van der Waals surface area contributed by atoms with Gasteiger partial charge in [-0.3, -0.25) is 24.5 Å². The SMILES string of the molecule is CCC1=Cc2ncc(CN3CCN(c4ccc(C(=O)CCC(C)(C)O)nc4)CC3)cc2CC1=O. The van der Waals surface area contributed by atoms with Gasteiger partial charge in [0.15, 0.2) is 11.6 Å². The number of pyridine rings is 2. The number of hydrogen-bond donors (Lipinski definition) is 1. The van der Waals surface area contributed by atoms with Gasteiger partial charge < -0.3 is 10.0 Å². The molecule has 0 amide bonds. The molecule has 1 fully saturated rings. The zero-order valence-corrected chi connectivity index (χ0v) is 20.4. The van der Waals surface area contributed by atoms with Crippen LogP contribution in [0, 0.1) is 0 Å². The quantitative estimate of drug-likeness (QED) is 0.601. The van der Waals surface area contributed by atoms with Crippen LogP contribution in [-0.2, 0) is 17.8 Å². The molecule has 2 aromatic heterocycles. The van der Waals surface area contributed by atoms with Crippen molar-refractivity contribution in [1.29, 1.82) is 0 Å². The van der Waals surface area contributed by atoms with Gasteiger partial charge in [-0.1, -0.05) is 13.0 Å². The molecule has 1 saturated heterocycles. The zero-order chi connectivity index (χ0) is 24.3. The highest BCUT2D eigenvalue weighted by Gasteiger charge is 2.22. The maximum Gasteiger partial charge on any atom is 0.181 e. The number of carbonyl (C=O) groups is 2. The first-order valence-electron chi connectivity index (χ1n) is 12.1. The summed E-state index contributed by atoms with van der Waals surface area (Å²) in [6.45, 7) is 9.84. The fourth-order valence-electron chi connectivity index (χ4n) is 4.47. The molecule has 7 heteroatoms. The lowest BCUT2D eigenvalue weighted by atomic mass is 9.92. The lowest BCUT2D eigenvalue weighted by Gasteiger charge is -2.36. The molecule has 0 aromatic carbocycles. The predicted octanol–water partition coefficient (Wildman–Crippen LogP) is 3.45. The molecule has 0 bridgehead atoms. The Morgan fingerprint density at radius 1 is 1.12 bits per heavy atom. The maximum atomic E-state index is 12.3. The first-order valence-corrected chi connectivity index (χ1v) is 12.1. The number of ketones is 2. The Morgan fingerprint density at radius 2 is 1.88 bits per heavy atom. The Kier molecular flexibility index (Phi) is 7.24. The van der Waals surface area contributed by atoms with Gasteiger partial charge in [0.1, 0.15) is 5.69 Å². The number of aromatic nitrogens is 2. The van der Waals surface area contributed by atoms with Crippen molar-refractivity contribution in [3.8, 4) is 0 Å². The van der Waals surface area contributed by atoms with Crippen molar-refractivity contribution in [2.45, 2.75) is 58.6 Å². The van der Waals surface area contributed by atoms with Gasteiger partial charge in [0.2, 0.25) is 0 Å². The topological polar surface area (TPSA) is 86.6 Å². The first kappa shape index (κ1) is 24.2. The van der Waals surface area contributed by atoms with Crippen LogP contribution in [0.15, 0.2) is 36.2 Å². The van der Waals surface area contributed by atoms with Crippen LogP contribution >= 0.6 is 0 Å². The summed E-state index contributed by atoms with van der Waals surface area (Å²) in [5.41, 5.74) is 4.59. The lowest BCUT2D eigenvalue weighted by Crippen LogP contribution is -2.46. The molecule has 3 heterocycles. The van der Waals surface area contributed by atoms with Crippen LogP contribution in [0.4, 0.5) is 5.69 Å². The average molecular weight is 463 g/mol. The number of allylic oxidation sites excluding steroid dienone is 1. The summed E-state index contributed by atoms with van der Waals surface area (Å²) < 4.78 is 0. The summed E-state index contributed by atoms with van der Waals surface area (Å²) in [6.07, 6.45) is 7.55. The maximum absolute atomic E-state index is 12.3. The number of nitrogens with zero attached hydrogens (tertiary/aromatic N) is 4. The van der Waals surface area contributed by atoms with E-state index in [4.69, 9.17) is 0 Å². The summed E-state index contributed by atoms with van der Waals surface area (Å²) in [4.78, 5) is 38.2. The number of rotatable bonds is 8. The second-order valence-corrected chi connectivity index (χ2v) is 9.91. The average Bonchev–Trinajstić information content (AvgIpc) is 2.82. The van der Waals surface area contributed by atoms with E-state index in [1.54, 1.807) is 26.1 Å². The number of aliphatic hydroxyl groups is 1. The summed E-state index contributed by atoms with van der Waals surface area (Å²) in [5, 5.41) is 9.82. The minimum absolute atomic E-state index is 0.0414. The number of anilines is 1. The molecule has 0 atom stereocenters. The third kappa shape index (κ3) is 5.96. The smallest absolute Gasteiger partial charge is 0.181 e. The molecule has 2 aromatic rings. The Balaban J connectivity index is 1.30. The van der Waals surface area contributed by atoms with Gasteiger partial charge in [0.25, 0.3) is 0 Å². The minimum Gasteiger partial charge on any atom is -0.390 e. The molecular formula is C27H34N4O3. The molecule has 4 rings (SSSR count). The molecule has 34 heavy (non-hydrogen) atoms. The summed E-state index contributed by atoms with van der Waals surface area (Å²) in [7, 11) is 0. The normalized spacial score (nSPS) is 16.9. The van der Waals surface area contributed by atoms with E-state index in [0.29, 0.717) is 18.5 Å². The van der Waals surface area contributed by atoms with Gasteiger partial charge in [-0.2, -0.15) is 0 Å². The van der Waals surface area contributed by atoms with Crippen molar-refractivity contribution in [2.24, 2.45) is 0 Å². The first-order chi connectivity index (χ1) is 16.2. The van der Waals surface area contributed by atoms with Crippen molar-refractivity contribution in [1.82, 2.24) is 14.9 Å². The molecule has 1 aliphatic carbocycles. The molecule has 7 nitrogen and oxygen atoms in total. The Labute approximate surface area is 201 Å². The van der Waals surface area contributed by atoms with E-state index >= 15 is 0 Å². The Hall–Kier alpha value is -2.90. The molecule has 2 aliphatic rings. The molecular weight excluding hydrogens is 428 g/mol. The van der Waals surface area contributed by atoms with E-state index in [9.17, 15) is 14.7 Å². The van der Waals surface area contributed by atoms with Crippen molar-refractivity contribution in [2.75, 3.05) is 31.1 Å². The number of hydrogen-bond acceptors (Lipinski definition) is 7. The van der Waals surface area contributed by atoms with Crippen LogP contribution in [0.1, 0.15) is 67.3 Å². The van der Waals surface area contributed by atoms with Crippen molar-refractivity contribution in [3.05, 3.63) is 58.7 Å². The van der Waals surface area contributed by atoms with E-state index in [1.807, 2.05) is 25.3 Å². The fraction of sp³-hybridized carbons (Fsp3) is 0.481. The largest absolute Gasteiger partial charge is 0.390 e. The monoisotopic (exact) mass is 462 g/mol. The highest BCUT2D eigenvalue weighted by atomic mass is 16.3. The second kappa shape index (κ2) is 10.2. The van der Waals surface area contributed by atoms with Gasteiger partial charge in [0, 0.05) is 51.8 Å². The van der Waals surface area contributed by atoms with Crippen molar-refractivity contribution in [3.63, 3.8) is 0 Å². The van der Waals surface area contributed by atoms with Crippen LogP contribution < -0.4 is 4.90 Å². The Morgan fingerprint density at radius 3 is 2.53 bits per heavy atom. The van der Waals surface area contributed by atoms with E-state index in [2.05, 4.69) is 25.8 Å². The van der Waals surface area contributed by atoms with Gasteiger partial charge in [-0.05, 0) is 61.6 Å². The van der Waals surface area contributed by atoms with Gasteiger partial charge in [-0.25, -0.2) is 0 Å². The number of Topliss-reactive ketones (excluding diaryl/α,β-unsaturated/α-hetero) is 2. The number of piperazine rings is 1. The molecule has 0 spiro atoms. The van der Waals surface area contributed by atoms with E-state index in [-0.39, 0.29) is 18.0 Å². The van der Waals surface area contributed by atoms with Crippen LogP contribution in [0.3, 0.4) is 0 Å². The fourth-order valence-corrected chi connectivity index (χ4v) is 4.47. The number of fused-ring (bicyclic) bond motifs is 1. The predicted molar refractivity (Wildman–Crippen MR) is 133 cm³/mol. The highest BCUT2D eigenvalue weighted by molar-refractivity contribution is 6.03. The third-order valence-electron chi connectivity index (χ3n) is 6.60. The third-order valence-corrected chi connectivity index (χ3v) is 6.60. The van der Waals surface area contributed by atoms with Crippen LogP contribution in [0.5, 0.6) is 0 Å². The van der Waals surface area contributed by atoms with Crippen LogP contribution in [0.2, 0.25) is 0 Å². The molecule has 0 unspecified atom stereocenters. The molecule has 1 N–H and O–H groups in total. The van der Waals surface area contributed by atoms with Crippen molar-refractivity contribution < 1.29 is 14.7 Å². The summed E-state index contributed by atoms with van der Waals surface area (Å²) >= 11 is 0.